The fourth-order valence-corrected chi connectivity index (χ4v) is 5.42. The summed E-state index contributed by atoms with van der Waals surface area (Å²) in [6, 6.07) is 19.2. The topological polar surface area (TPSA) is 158 Å². The molecular weight excluding hydrogens is 907 g/mol. The van der Waals surface area contributed by atoms with Crippen molar-refractivity contribution in [1.82, 2.24) is 15.0 Å². The predicted octanol–water partition coefficient (Wildman–Crippen LogP) is 12.6. The monoisotopic (exact) mass is 937 g/mol. The van der Waals surface area contributed by atoms with Crippen LogP contribution in [0.2, 0.25) is 0 Å². The molecular formula is C33H34Br3Cl3N5O4P. The second-order valence-electron chi connectivity index (χ2n) is 9.82. The maximum Gasteiger partial charge on any atom is 0.354 e. The van der Waals surface area contributed by atoms with E-state index in [2.05, 4.69) is 107 Å². The van der Waals surface area contributed by atoms with Crippen LogP contribution < -0.4 is 5.73 Å². The Bertz CT molecular complexity index is 2190. The Morgan fingerprint density at radius 2 is 1.08 bits per heavy atom. The number of aromatic amines is 3. The number of esters is 1. The van der Waals surface area contributed by atoms with Crippen molar-refractivity contribution < 1.29 is 18.9 Å². The number of nitrogens with two attached hydrogens (primary N) is 1. The number of nitrogens with one attached hydrogen (secondary N) is 3. The molecule has 0 spiro atoms. The van der Waals surface area contributed by atoms with E-state index in [1.54, 1.807) is 12.1 Å². The molecule has 0 aliphatic carbocycles. The summed E-state index contributed by atoms with van der Waals surface area (Å²) < 4.78 is 17.3. The van der Waals surface area contributed by atoms with Gasteiger partial charge in [0.05, 0.1) is 7.11 Å². The lowest BCUT2D eigenvalue weighted by Gasteiger charge is -1.97. The van der Waals surface area contributed by atoms with Crippen molar-refractivity contribution in [2.75, 3.05) is 7.11 Å². The Balaban J connectivity index is 0.000000338. The summed E-state index contributed by atoms with van der Waals surface area (Å²) in [7, 11) is 1.37. The SMILES string of the molecule is C.C.COC(=O)c1cc2c(C)c(Br)ccc2[nH]1.Cc1c(Br)ccc2[nH]c(C#N)cc12.Cc1c(Br)ccc2[nH]c(C(N)=O)cc12.O=P(Cl)(Cl)Cl. The van der Waals surface area contributed by atoms with Crippen molar-refractivity contribution in [3.8, 4) is 6.07 Å². The minimum absolute atomic E-state index is 0. The number of benzene rings is 3. The van der Waals surface area contributed by atoms with Crippen molar-refractivity contribution in [2.24, 2.45) is 5.73 Å². The summed E-state index contributed by atoms with van der Waals surface area (Å²) in [5.41, 5.74) is 13.0. The molecule has 0 fully saturated rings. The average Bonchev–Trinajstić information content (AvgIpc) is 3.76. The lowest BCUT2D eigenvalue weighted by atomic mass is 10.1. The van der Waals surface area contributed by atoms with Crippen LogP contribution in [0.4, 0.5) is 0 Å². The van der Waals surface area contributed by atoms with Crippen LogP contribution in [0.5, 0.6) is 0 Å². The first-order chi connectivity index (χ1) is 21.9. The van der Waals surface area contributed by atoms with Crippen LogP contribution in [-0.4, -0.2) is 33.9 Å². The zero-order chi connectivity index (χ0) is 35.2. The van der Waals surface area contributed by atoms with Crippen LogP contribution in [0.25, 0.3) is 32.7 Å². The number of methoxy groups -OCH3 is 1. The molecule has 0 bridgehead atoms. The highest BCUT2D eigenvalue weighted by Gasteiger charge is 2.12. The van der Waals surface area contributed by atoms with Gasteiger partial charge in [0.25, 0.3) is 5.91 Å². The zero-order valence-electron chi connectivity index (χ0n) is 25.1. The number of nitrogens with zero attached hydrogens (tertiary/aromatic N) is 1. The first-order valence-electron chi connectivity index (χ1n) is 13.3. The number of amides is 1. The standard InChI is InChI=1S/C11H10BrNO2.C10H9BrN2O.C10H7BrN2.2CH4.Cl3OP/c1-6-7-5-10(11(14)15-2)13-9(7)4-3-8(6)12;1-5-6-4-9(10(12)14)13-8(6)3-2-7(5)11;1-6-8-4-7(5-12)13-10(8)3-2-9(6)11;;;1-5(2,3)4/h3-5,13H,1-2H3;2-4,13H,1H3,(H2,12,14);2-4,13H,1H3;2*1H4;. The first-order valence-corrected chi connectivity index (χ1v) is 20.1. The van der Waals surface area contributed by atoms with Gasteiger partial charge < -0.3 is 25.4 Å². The highest BCUT2D eigenvalue weighted by Crippen LogP contribution is 2.61. The van der Waals surface area contributed by atoms with Crippen LogP contribution in [0.15, 0.2) is 68.0 Å². The van der Waals surface area contributed by atoms with Gasteiger partial charge in [0.2, 0.25) is 0 Å². The van der Waals surface area contributed by atoms with E-state index in [4.69, 9.17) is 11.0 Å². The van der Waals surface area contributed by atoms with Crippen LogP contribution in [0, 0.1) is 32.1 Å². The Morgan fingerprint density at radius 1 is 0.735 bits per heavy atom. The number of H-pyrrole nitrogens is 3. The third-order valence-corrected chi connectivity index (χ3v) is 9.39. The first kappa shape index (κ1) is 44.3. The minimum Gasteiger partial charge on any atom is -0.464 e. The van der Waals surface area contributed by atoms with Crippen LogP contribution in [-0.2, 0) is 9.30 Å². The number of halogens is 6. The molecule has 1 amide bonds. The number of aromatic nitrogens is 3. The van der Waals surface area contributed by atoms with Crippen molar-refractivity contribution in [3.63, 3.8) is 0 Å². The number of rotatable bonds is 2. The van der Waals surface area contributed by atoms with Crippen LogP contribution in [0.3, 0.4) is 0 Å². The van der Waals surface area contributed by atoms with E-state index >= 15 is 0 Å². The van der Waals surface area contributed by atoms with E-state index in [0.717, 1.165) is 62.8 Å². The largest absolute Gasteiger partial charge is 0.464 e. The quantitative estimate of drug-likeness (QED) is 0.100. The number of carbonyl (C=O) groups is 2. The van der Waals surface area contributed by atoms with Gasteiger partial charge in [-0.1, -0.05) is 62.6 Å². The molecule has 6 rings (SSSR count). The molecule has 262 valence electrons. The van der Waals surface area contributed by atoms with Crippen LogP contribution >= 0.6 is 86.7 Å². The van der Waals surface area contributed by atoms with Gasteiger partial charge in [-0.2, -0.15) is 5.26 Å². The average molecular weight is 942 g/mol. The van der Waals surface area contributed by atoms with E-state index < -0.39 is 11.1 Å². The Morgan fingerprint density at radius 3 is 1.45 bits per heavy atom. The van der Waals surface area contributed by atoms with Gasteiger partial charge in [0, 0.05) is 46.1 Å². The normalized spacial score (nSPS) is 10.2. The molecule has 6 aromatic rings. The number of nitriles is 1. The van der Waals surface area contributed by atoms with E-state index in [1.807, 2.05) is 63.2 Å². The van der Waals surface area contributed by atoms with E-state index in [0.29, 0.717) is 17.1 Å². The second-order valence-corrected chi connectivity index (χ2v) is 19.0. The van der Waals surface area contributed by atoms with Gasteiger partial charge in [-0.3, -0.25) is 9.36 Å². The summed E-state index contributed by atoms with van der Waals surface area (Å²) in [5, 5.41) is 8.64. The summed E-state index contributed by atoms with van der Waals surface area (Å²) in [5.74, 6) is -0.779. The van der Waals surface area contributed by atoms with Gasteiger partial charge in [-0.15, -0.1) is 0 Å². The van der Waals surface area contributed by atoms with Gasteiger partial charge >= 0.3 is 11.2 Å². The van der Waals surface area contributed by atoms with Crippen molar-refractivity contribution in [2.45, 2.75) is 35.6 Å². The van der Waals surface area contributed by atoms with Gasteiger partial charge in [0.15, 0.2) is 0 Å². The van der Waals surface area contributed by atoms with Gasteiger partial charge in [-0.25, -0.2) is 4.79 Å². The Kier molecular flexibility index (Phi) is 17.2. The number of primary amides is 1. The molecule has 0 radical (unpaired) electrons. The molecule has 16 heteroatoms. The number of ether oxygens (including phenoxy) is 1. The van der Waals surface area contributed by atoms with Gasteiger partial charge in [0.1, 0.15) is 23.2 Å². The molecule has 3 aromatic carbocycles. The number of carbonyl (C=O) groups excluding carboxylic acids is 2. The highest BCUT2D eigenvalue weighted by atomic mass is 79.9. The smallest absolute Gasteiger partial charge is 0.354 e. The highest BCUT2D eigenvalue weighted by molar-refractivity contribution is 9.11. The third kappa shape index (κ3) is 11.9. The molecule has 5 N–H and O–H groups in total. The van der Waals surface area contributed by atoms with E-state index in [9.17, 15) is 14.2 Å². The molecule has 3 heterocycles. The predicted molar refractivity (Wildman–Crippen MR) is 215 cm³/mol. The fourth-order valence-electron chi connectivity index (χ4n) is 4.38. The molecule has 0 aliphatic heterocycles. The number of hydrogen-bond acceptors (Lipinski definition) is 5. The second kappa shape index (κ2) is 19.0. The number of aryl methyl sites for hydroxylation is 3. The molecule has 0 saturated heterocycles. The summed E-state index contributed by atoms with van der Waals surface area (Å²) >= 11 is 24.2. The van der Waals surface area contributed by atoms with Crippen molar-refractivity contribution in [3.05, 3.63) is 102 Å². The van der Waals surface area contributed by atoms with E-state index in [1.165, 1.54) is 7.11 Å². The summed E-state index contributed by atoms with van der Waals surface area (Å²) in [4.78, 5) is 31.3. The van der Waals surface area contributed by atoms with Crippen LogP contribution in [0.1, 0.15) is 58.2 Å². The molecule has 3 aromatic heterocycles. The van der Waals surface area contributed by atoms with E-state index in [-0.39, 0.29) is 20.8 Å². The maximum atomic E-state index is 11.3. The third-order valence-electron chi connectivity index (χ3n) is 6.81. The van der Waals surface area contributed by atoms with Gasteiger partial charge in [-0.05, 0) is 126 Å². The molecule has 0 atom stereocenters. The lowest BCUT2D eigenvalue weighted by molar-refractivity contribution is 0.0595. The van der Waals surface area contributed by atoms with Crippen molar-refractivity contribution in [1.29, 1.82) is 5.26 Å². The number of fused-ring (bicyclic) bond motifs is 3. The lowest BCUT2D eigenvalue weighted by Crippen LogP contribution is -2.10. The molecule has 0 aliphatic rings. The maximum absolute atomic E-state index is 11.3. The number of hydrogen-bond donors (Lipinski definition) is 4. The molecule has 0 unspecified atom stereocenters. The Labute approximate surface area is 324 Å². The Hall–Kier alpha value is -2.75. The van der Waals surface area contributed by atoms with Crippen molar-refractivity contribution >= 4 is 131 Å². The molecule has 49 heavy (non-hydrogen) atoms. The molecule has 0 saturated carbocycles. The molecule has 9 nitrogen and oxygen atoms in total. The fraction of sp³-hybridized carbons (Fsp3) is 0.182. The summed E-state index contributed by atoms with van der Waals surface area (Å²) in [6.07, 6.45) is 0. The zero-order valence-corrected chi connectivity index (χ0v) is 33.0. The minimum atomic E-state index is -3.22. The summed E-state index contributed by atoms with van der Waals surface area (Å²) in [6.45, 7) is 6.02.